The lowest BCUT2D eigenvalue weighted by molar-refractivity contribution is -0.138. The Morgan fingerprint density at radius 1 is 0.812 bits per heavy atom. The minimum Gasteiger partial charge on any atom is -0.464 e. The van der Waals surface area contributed by atoms with Gasteiger partial charge < -0.3 is 44.6 Å². The molecule has 362 valence electrons. The fourth-order valence-electron chi connectivity index (χ4n) is 10.1. The van der Waals surface area contributed by atoms with E-state index in [0.29, 0.717) is 83.9 Å². The second kappa shape index (κ2) is 18.0. The fourth-order valence-corrected chi connectivity index (χ4v) is 11.3. The molecular weight excluding hydrogens is 909 g/mol. The monoisotopic (exact) mass is 963 g/mol. The minimum atomic E-state index is -2.06. The van der Waals surface area contributed by atoms with Crippen molar-refractivity contribution < 1.29 is 42.2 Å². The topological polar surface area (TPSA) is 189 Å². The van der Waals surface area contributed by atoms with E-state index in [1.54, 1.807) is 33.5 Å². The molecule has 2 aromatic carbocycles. The summed E-state index contributed by atoms with van der Waals surface area (Å²) in [6.45, 7) is 7.09. The van der Waals surface area contributed by atoms with Gasteiger partial charge in [-0.3, -0.25) is 14.2 Å². The summed E-state index contributed by atoms with van der Waals surface area (Å²) in [4.78, 5) is 73.6. The Bertz CT molecular complexity index is 2970. The molecule has 10 rings (SSSR count). The molecule has 1 unspecified atom stereocenters. The van der Waals surface area contributed by atoms with Crippen molar-refractivity contribution in [2.24, 2.45) is 5.92 Å². The lowest BCUT2D eigenvalue weighted by Gasteiger charge is -2.32. The first-order valence-electron chi connectivity index (χ1n) is 23.5. The quantitative estimate of drug-likeness (QED) is 0.0927. The number of alkyl halides is 1. The molecule has 69 heavy (non-hydrogen) atoms. The van der Waals surface area contributed by atoms with Gasteiger partial charge >= 0.3 is 12.2 Å². The summed E-state index contributed by atoms with van der Waals surface area (Å²) in [5.41, 5.74) is 2.37. The Morgan fingerprint density at radius 2 is 1.43 bits per heavy atom. The van der Waals surface area contributed by atoms with E-state index in [2.05, 4.69) is 47.0 Å². The molecule has 7 heterocycles. The molecule has 0 bridgehead atoms. The van der Waals surface area contributed by atoms with Crippen LogP contribution in [0.25, 0.3) is 44.7 Å². The number of H-pyrrole nitrogens is 2. The average molecular weight is 964 g/mol. The zero-order chi connectivity index (χ0) is 48.5. The smallest absolute Gasteiger partial charge is 0.407 e. The number of alkyl carbamates (subject to hydrolysis) is 2. The van der Waals surface area contributed by atoms with Gasteiger partial charge in [0.25, 0.3) is 0 Å². The fraction of sp³-hybridized carbons (Fsp3) is 0.440. The molecule has 2 saturated heterocycles. The van der Waals surface area contributed by atoms with Crippen LogP contribution in [-0.2, 0) is 19.1 Å². The highest BCUT2D eigenvalue weighted by atomic mass is 32.1. The van der Waals surface area contributed by atoms with Gasteiger partial charge in [0.05, 0.1) is 71.7 Å². The molecule has 5 atom stereocenters. The Hall–Kier alpha value is -6.76. The van der Waals surface area contributed by atoms with Crippen LogP contribution in [0.1, 0.15) is 112 Å². The maximum absolute atomic E-state index is 16.9. The average Bonchev–Trinajstić information content (AvgIpc) is 4.05. The summed E-state index contributed by atoms with van der Waals surface area (Å²) in [6, 6.07) is 12.5. The normalized spacial score (nSPS) is 19.8. The molecule has 3 aliphatic heterocycles. The SMILES string of the molecule is COC(=O)N[C@H](C(=O)N1CCC[C@H]1c1ncc(-c2cc(F)c3c(c2)OC(c2ccc(C4CC4)s2)n2c-3cc3cc(-c4cnc([C@@H]5CCCN5C(=O)[C@@H](NC(=O)OC)C(C)(C)F)[nH]4)ccc32)[nH]1)C(C)C. The zero-order valence-corrected chi connectivity index (χ0v) is 40.0. The first kappa shape index (κ1) is 46.0. The van der Waals surface area contributed by atoms with Crippen LogP contribution >= 0.6 is 11.3 Å². The molecule has 19 heteroatoms. The van der Waals surface area contributed by atoms with Gasteiger partial charge in [0.1, 0.15) is 41.0 Å². The van der Waals surface area contributed by atoms with Gasteiger partial charge in [0.2, 0.25) is 18.0 Å². The van der Waals surface area contributed by atoms with Crippen molar-refractivity contribution in [1.29, 1.82) is 0 Å². The number of hydrogen-bond acceptors (Lipinski definition) is 10. The number of likely N-dealkylation sites (tertiary alicyclic amines) is 2. The number of thiophene rings is 1. The number of benzene rings is 2. The molecule has 4 aliphatic rings. The van der Waals surface area contributed by atoms with Crippen LogP contribution in [0.2, 0.25) is 0 Å². The molecule has 16 nitrogen and oxygen atoms in total. The predicted octanol–water partition coefficient (Wildman–Crippen LogP) is 9.29. The van der Waals surface area contributed by atoms with Crippen molar-refractivity contribution >= 4 is 46.2 Å². The van der Waals surface area contributed by atoms with Gasteiger partial charge in [0.15, 0.2) is 0 Å². The number of fused-ring (bicyclic) bond motifs is 5. The number of rotatable bonds is 12. The number of amides is 4. The highest BCUT2D eigenvalue weighted by molar-refractivity contribution is 7.12. The number of hydrogen-bond donors (Lipinski definition) is 4. The van der Waals surface area contributed by atoms with Gasteiger partial charge in [-0.1, -0.05) is 19.9 Å². The highest BCUT2D eigenvalue weighted by Gasteiger charge is 2.44. The van der Waals surface area contributed by atoms with E-state index < -0.39 is 53.9 Å². The van der Waals surface area contributed by atoms with E-state index in [4.69, 9.17) is 14.5 Å². The third kappa shape index (κ3) is 8.58. The van der Waals surface area contributed by atoms with E-state index in [0.717, 1.165) is 47.7 Å². The van der Waals surface area contributed by atoms with E-state index in [9.17, 15) is 19.2 Å². The second-order valence-corrected chi connectivity index (χ2v) is 20.4. The molecule has 0 spiro atoms. The number of carbonyl (C=O) groups is 4. The van der Waals surface area contributed by atoms with Crippen LogP contribution in [-0.4, -0.2) is 103 Å². The van der Waals surface area contributed by atoms with Crippen molar-refractivity contribution in [1.82, 2.24) is 44.9 Å². The van der Waals surface area contributed by atoms with Crippen LogP contribution < -0.4 is 15.4 Å². The van der Waals surface area contributed by atoms with E-state index in [-0.39, 0.29) is 17.9 Å². The Balaban J connectivity index is 0.964. The number of imidazole rings is 2. The third-order valence-electron chi connectivity index (χ3n) is 13.8. The van der Waals surface area contributed by atoms with Gasteiger partial charge in [-0.2, -0.15) is 0 Å². The summed E-state index contributed by atoms with van der Waals surface area (Å²) < 4.78 is 50.6. The largest absolute Gasteiger partial charge is 0.464 e. The molecule has 0 radical (unpaired) electrons. The number of nitrogens with zero attached hydrogens (tertiary/aromatic N) is 5. The third-order valence-corrected chi connectivity index (χ3v) is 15.1. The van der Waals surface area contributed by atoms with Crippen LogP contribution in [0.5, 0.6) is 5.75 Å². The first-order chi connectivity index (χ1) is 33.1. The summed E-state index contributed by atoms with van der Waals surface area (Å²) in [5, 5.41) is 5.90. The number of methoxy groups -OCH3 is 2. The van der Waals surface area contributed by atoms with Crippen molar-refractivity contribution in [2.45, 2.75) is 108 Å². The van der Waals surface area contributed by atoms with Gasteiger partial charge in [-0.25, -0.2) is 28.3 Å². The van der Waals surface area contributed by atoms with E-state index >= 15 is 8.78 Å². The van der Waals surface area contributed by atoms with Crippen molar-refractivity contribution in [3.63, 3.8) is 0 Å². The van der Waals surface area contributed by atoms with Crippen LogP contribution in [0, 0.1) is 11.7 Å². The molecule has 1 aliphatic carbocycles. The van der Waals surface area contributed by atoms with Gasteiger partial charge in [-0.15, -0.1) is 11.3 Å². The molecule has 6 aromatic rings. The van der Waals surface area contributed by atoms with Crippen LogP contribution in [0.4, 0.5) is 18.4 Å². The minimum absolute atomic E-state index is 0.182. The predicted molar refractivity (Wildman–Crippen MR) is 254 cm³/mol. The van der Waals surface area contributed by atoms with Crippen molar-refractivity contribution in [3.8, 4) is 39.5 Å². The number of nitrogens with one attached hydrogen (secondary N) is 4. The standard InChI is InChI=1S/C50H55F2N9O7S/c1-25(2)41(57-48(64)66-5)45(62)59-17-7-9-34(59)43-54-24-32(56-43)28-20-30(51)40-36-21-29-19-27(13-14-33(29)61(36)47(68-37(40)22-28)39-16-15-38(69-39)26-11-12-26)31-23-53-44(55-31)35-10-8-18-60(35)46(63)42(50(3,4)52)58-49(65)67-6/h13-16,19-26,34-35,41-42,47H,7-12,17-18H2,1-6H3,(H,53,55)(H,54,56)(H,57,64)(H,58,65)/t34-,35-,41-,42+,47?/m0/s1. The summed E-state index contributed by atoms with van der Waals surface area (Å²) in [5.74, 6) is 0.572. The molecule has 1 saturated carbocycles. The zero-order valence-electron chi connectivity index (χ0n) is 39.2. The number of halogens is 2. The lowest BCUT2D eigenvalue weighted by Crippen LogP contribution is -2.56. The number of aromatic nitrogens is 5. The number of carbonyl (C=O) groups excluding carboxylic acids is 4. The Labute approximate surface area is 401 Å². The van der Waals surface area contributed by atoms with E-state index in [1.165, 1.54) is 31.9 Å². The Morgan fingerprint density at radius 3 is 2.06 bits per heavy atom. The van der Waals surface area contributed by atoms with Crippen LogP contribution in [0.3, 0.4) is 0 Å². The summed E-state index contributed by atoms with van der Waals surface area (Å²) >= 11 is 1.71. The lowest BCUT2D eigenvalue weighted by atomic mass is 9.99. The van der Waals surface area contributed by atoms with Gasteiger partial charge in [0, 0.05) is 34.5 Å². The maximum Gasteiger partial charge on any atom is 0.407 e. The molecular formula is C50H55F2N9O7S. The summed E-state index contributed by atoms with van der Waals surface area (Å²) in [6.07, 6.45) is 6.18. The number of ether oxygens (including phenoxy) is 3. The summed E-state index contributed by atoms with van der Waals surface area (Å²) in [7, 11) is 2.42. The molecule has 3 fully saturated rings. The van der Waals surface area contributed by atoms with Crippen molar-refractivity contribution in [2.75, 3.05) is 27.3 Å². The van der Waals surface area contributed by atoms with E-state index in [1.807, 2.05) is 44.2 Å². The number of aromatic amines is 2. The highest BCUT2D eigenvalue weighted by Crippen LogP contribution is 2.50. The molecule has 4 N–H and O–H groups in total. The van der Waals surface area contributed by atoms with Crippen LogP contribution in [0.15, 0.2) is 60.9 Å². The molecule has 4 aromatic heterocycles. The van der Waals surface area contributed by atoms with Gasteiger partial charge in [-0.05, 0) is 107 Å². The molecule has 4 amide bonds. The second-order valence-electron chi connectivity index (χ2n) is 19.2. The van der Waals surface area contributed by atoms with Crippen molar-refractivity contribution in [3.05, 3.63) is 88.1 Å². The Kier molecular flexibility index (Phi) is 12.0. The maximum atomic E-state index is 16.9. The first-order valence-corrected chi connectivity index (χ1v) is 24.3.